The van der Waals surface area contributed by atoms with E-state index in [4.69, 9.17) is 0 Å². The van der Waals surface area contributed by atoms with Crippen LogP contribution < -0.4 is 0 Å². The minimum absolute atomic E-state index is 0.158. The average molecular weight is 220 g/mol. The van der Waals surface area contributed by atoms with E-state index >= 15 is 0 Å². The van der Waals surface area contributed by atoms with E-state index in [-0.39, 0.29) is 11.3 Å². The van der Waals surface area contributed by atoms with Gasteiger partial charge in [-0.05, 0) is 42.9 Å². The monoisotopic (exact) mass is 220 g/mol. The van der Waals surface area contributed by atoms with Crippen LogP contribution in [0.15, 0.2) is 11.6 Å². The van der Waals surface area contributed by atoms with Crippen LogP contribution in [0.2, 0.25) is 0 Å². The van der Waals surface area contributed by atoms with Gasteiger partial charge < -0.3 is 4.79 Å². The smallest absolute Gasteiger partial charge is 0.127 e. The minimum Gasteiger partial charge on any atom is -0.303 e. The van der Waals surface area contributed by atoms with E-state index in [0.29, 0.717) is 11.3 Å². The molecule has 0 amide bonds. The molecule has 1 nitrogen and oxygen atoms in total. The first kappa shape index (κ1) is 11.9. The van der Waals surface area contributed by atoms with E-state index in [9.17, 15) is 4.79 Å². The Labute approximate surface area is 99.3 Å². The van der Waals surface area contributed by atoms with Crippen molar-refractivity contribution in [3.8, 4) is 0 Å². The summed E-state index contributed by atoms with van der Waals surface area (Å²) in [5.41, 5.74) is 1.90. The highest BCUT2D eigenvalue weighted by Gasteiger charge is 2.51. The molecule has 0 aliphatic heterocycles. The van der Waals surface area contributed by atoms with E-state index in [1.807, 2.05) is 0 Å². The van der Waals surface area contributed by atoms with Gasteiger partial charge in [0.05, 0.1) is 0 Å². The first-order valence-electron chi connectivity index (χ1n) is 6.54. The maximum Gasteiger partial charge on any atom is 0.127 e. The van der Waals surface area contributed by atoms with Gasteiger partial charge in [0.25, 0.3) is 0 Å². The van der Waals surface area contributed by atoms with E-state index in [1.54, 1.807) is 0 Å². The molecule has 16 heavy (non-hydrogen) atoms. The lowest BCUT2D eigenvalue weighted by molar-refractivity contribution is -0.119. The third-order valence-corrected chi connectivity index (χ3v) is 5.29. The molecular weight excluding hydrogens is 196 g/mol. The summed E-state index contributed by atoms with van der Waals surface area (Å²) in [6, 6.07) is 0. The molecule has 2 rings (SSSR count). The van der Waals surface area contributed by atoms with Gasteiger partial charge in [-0.1, -0.05) is 38.8 Å². The van der Waals surface area contributed by atoms with E-state index in [2.05, 4.69) is 33.8 Å². The van der Waals surface area contributed by atoms with Crippen LogP contribution in [0.1, 0.15) is 53.4 Å². The van der Waals surface area contributed by atoms with Crippen LogP contribution in [0.4, 0.5) is 0 Å². The number of aldehydes is 1. The fourth-order valence-electron chi connectivity index (χ4n) is 4.34. The zero-order valence-corrected chi connectivity index (χ0v) is 11.0. The molecule has 0 N–H and O–H groups in total. The van der Waals surface area contributed by atoms with Gasteiger partial charge in [0.2, 0.25) is 0 Å². The Balaban J connectivity index is 2.42. The molecule has 1 saturated carbocycles. The maximum atomic E-state index is 11.4. The van der Waals surface area contributed by atoms with Gasteiger partial charge in [0.1, 0.15) is 6.29 Å². The summed E-state index contributed by atoms with van der Waals surface area (Å²) >= 11 is 0. The standard InChI is InChI=1S/C15H24O/c1-11-6-7-13-14(2,3)8-5-9-15(13,4)12(11)10-16/h6,10,12-13H,5,7-9H2,1-4H3/t12-,13-,15+/m1/s1. The van der Waals surface area contributed by atoms with Crippen LogP contribution >= 0.6 is 0 Å². The molecule has 0 aromatic carbocycles. The highest BCUT2D eigenvalue weighted by molar-refractivity contribution is 5.61. The van der Waals surface area contributed by atoms with Crippen molar-refractivity contribution in [3.63, 3.8) is 0 Å². The lowest BCUT2D eigenvalue weighted by atomic mass is 9.49. The third-order valence-electron chi connectivity index (χ3n) is 5.29. The van der Waals surface area contributed by atoms with Crippen LogP contribution in [0, 0.1) is 22.7 Å². The average Bonchev–Trinajstić information content (AvgIpc) is 2.15. The predicted molar refractivity (Wildman–Crippen MR) is 67.2 cm³/mol. The number of carbonyl (C=O) groups excluding carboxylic acids is 1. The minimum atomic E-state index is 0.158. The van der Waals surface area contributed by atoms with Gasteiger partial charge in [-0.25, -0.2) is 0 Å². The second-order valence-corrected chi connectivity index (χ2v) is 6.70. The Bertz CT molecular complexity index is 326. The molecule has 0 radical (unpaired) electrons. The highest BCUT2D eigenvalue weighted by atomic mass is 16.1. The van der Waals surface area contributed by atoms with Gasteiger partial charge in [-0.3, -0.25) is 0 Å². The second-order valence-electron chi connectivity index (χ2n) is 6.70. The fraction of sp³-hybridized carbons (Fsp3) is 0.800. The maximum absolute atomic E-state index is 11.4. The van der Waals surface area contributed by atoms with Crippen molar-refractivity contribution in [2.24, 2.45) is 22.7 Å². The lowest BCUT2D eigenvalue weighted by Gasteiger charge is -2.55. The number of rotatable bonds is 1. The van der Waals surface area contributed by atoms with E-state index < -0.39 is 0 Å². The summed E-state index contributed by atoms with van der Waals surface area (Å²) in [7, 11) is 0. The first-order chi connectivity index (χ1) is 7.42. The van der Waals surface area contributed by atoms with Crippen molar-refractivity contribution in [1.29, 1.82) is 0 Å². The molecule has 90 valence electrons. The lowest BCUT2D eigenvalue weighted by Crippen LogP contribution is -2.48. The van der Waals surface area contributed by atoms with Gasteiger partial charge in [-0.2, -0.15) is 0 Å². The van der Waals surface area contributed by atoms with Gasteiger partial charge in [-0.15, -0.1) is 0 Å². The fourth-order valence-corrected chi connectivity index (χ4v) is 4.34. The summed E-state index contributed by atoms with van der Waals surface area (Å²) in [6.07, 6.45) is 8.47. The van der Waals surface area contributed by atoms with E-state index in [1.165, 1.54) is 37.5 Å². The third kappa shape index (κ3) is 1.56. The molecule has 2 aliphatic carbocycles. The summed E-state index contributed by atoms with van der Waals surface area (Å²) in [5.74, 6) is 0.832. The highest BCUT2D eigenvalue weighted by Crippen LogP contribution is 2.58. The molecule has 0 bridgehead atoms. The molecular formula is C15H24O. The molecule has 3 atom stereocenters. The first-order valence-corrected chi connectivity index (χ1v) is 6.54. The van der Waals surface area contributed by atoms with Crippen molar-refractivity contribution >= 4 is 6.29 Å². The van der Waals surface area contributed by atoms with Crippen LogP contribution in [0.5, 0.6) is 0 Å². The van der Waals surface area contributed by atoms with Crippen LogP contribution in [-0.4, -0.2) is 6.29 Å². The molecule has 1 heteroatoms. The van der Waals surface area contributed by atoms with Crippen LogP contribution in [-0.2, 0) is 4.79 Å². The van der Waals surface area contributed by atoms with Crippen molar-refractivity contribution < 1.29 is 4.79 Å². The predicted octanol–water partition coefficient (Wildman–Crippen LogP) is 3.98. The number of hydrogen-bond donors (Lipinski definition) is 0. The van der Waals surface area contributed by atoms with Crippen molar-refractivity contribution in [3.05, 3.63) is 11.6 Å². The van der Waals surface area contributed by atoms with Gasteiger partial charge in [0.15, 0.2) is 0 Å². The Hall–Kier alpha value is -0.590. The zero-order chi connectivity index (χ0) is 12.0. The molecule has 2 aliphatic rings. The Morgan fingerprint density at radius 3 is 2.62 bits per heavy atom. The SMILES string of the molecule is CC1=CC[C@@H]2C(C)(C)CCC[C@@]2(C)[C@@H]1C=O. The molecule has 0 heterocycles. The van der Waals surface area contributed by atoms with Crippen LogP contribution in [0.3, 0.4) is 0 Å². The number of allylic oxidation sites excluding steroid dienone is 2. The van der Waals surface area contributed by atoms with Gasteiger partial charge in [0, 0.05) is 5.92 Å². The summed E-state index contributed by atoms with van der Waals surface area (Å²) in [6.45, 7) is 9.23. The largest absolute Gasteiger partial charge is 0.303 e. The van der Waals surface area contributed by atoms with Crippen molar-refractivity contribution in [1.82, 2.24) is 0 Å². The van der Waals surface area contributed by atoms with Crippen LogP contribution in [0.25, 0.3) is 0 Å². The molecule has 0 saturated heterocycles. The topological polar surface area (TPSA) is 17.1 Å². The Morgan fingerprint density at radius 1 is 1.31 bits per heavy atom. The summed E-state index contributed by atoms with van der Waals surface area (Å²) in [4.78, 5) is 11.4. The molecule has 0 aromatic heterocycles. The number of carbonyl (C=O) groups is 1. The van der Waals surface area contributed by atoms with Gasteiger partial charge >= 0.3 is 0 Å². The second kappa shape index (κ2) is 3.72. The number of fused-ring (bicyclic) bond motifs is 1. The summed E-state index contributed by atoms with van der Waals surface area (Å²) < 4.78 is 0. The zero-order valence-electron chi connectivity index (χ0n) is 11.0. The van der Waals surface area contributed by atoms with Crippen molar-refractivity contribution in [2.45, 2.75) is 53.4 Å². The quantitative estimate of drug-likeness (QED) is 0.482. The normalized spacial score (nSPS) is 42.1. The number of hydrogen-bond acceptors (Lipinski definition) is 1. The molecule has 1 fully saturated rings. The molecule has 0 aromatic rings. The van der Waals surface area contributed by atoms with E-state index in [0.717, 1.165) is 0 Å². The van der Waals surface area contributed by atoms with Crippen molar-refractivity contribution in [2.75, 3.05) is 0 Å². The Kier molecular flexibility index (Phi) is 2.76. The Morgan fingerprint density at radius 2 is 2.00 bits per heavy atom. The summed E-state index contributed by atoms with van der Waals surface area (Å²) in [5, 5.41) is 0. The molecule has 0 unspecified atom stereocenters. The molecule has 0 spiro atoms.